The van der Waals surface area contributed by atoms with Crippen LogP contribution in [-0.2, 0) is 6.54 Å². The van der Waals surface area contributed by atoms with E-state index in [4.69, 9.17) is 0 Å². The molecule has 3 rings (SSSR count). The van der Waals surface area contributed by atoms with Crippen molar-refractivity contribution < 1.29 is 18.4 Å². The van der Waals surface area contributed by atoms with Gasteiger partial charge in [0.2, 0.25) is 0 Å². The standard InChI is InChI=1S/C20H15F2N3O2/c21-15-7-8-18(17(22)11-15)25-20(27)14-5-3-4-13(10-14)19(26)24-12-16-6-1-2-9-23-16/h1-11H,12H2,(H,24,26)(H,25,27). The average molecular weight is 367 g/mol. The Labute approximate surface area is 154 Å². The van der Waals surface area contributed by atoms with Crippen LogP contribution in [0.5, 0.6) is 0 Å². The number of rotatable bonds is 5. The average Bonchev–Trinajstić information content (AvgIpc) is 2.69. The zero-order chi connectivity index (χ0) is 19.2. The van der Waals surface area contributed by atoms with Crippen molar-refractivity contribution >= 4 is 17.5 Å². The summed E-state index contributed by atoms with van der Waals surface area (Å²) in [5.41, 5.74) is 1.00. The Balaban J connectivity index is 1.68. The van der Waals surface area contributed by atoms with Crippen molar-refractivity contribution in [3.63, 3.8) is 0 Å². The highest BCUT2D eigenvalue weighted by molar-refractivity contribution is 6.06. The minimum absolute atomic E-state index is 0.147. The van der Waals surface area contributed by atoms with E-state index < -0.39 is 17.5 Å². The van der Waals surface area contributed by atoms with Gasteiger partial charge in [-0.15, -0.1) is 0 Å². The molecular weight excluding hydrogens is 352 g/mol. The molecule has 5 nitrogen and oxygen atoms in total. The van der Waals surface area contributed by atoms with E-state index in [2.05, 4.69) is 15.6 Å². The molecular formula is C20H15F2N3O2. The number of hydrogen-bond donors (Lipinski definition) is 2. The van der Waals surface area contributed by atoms with Crippen LogP contribution in [0.1, 0.15) is 26.4 Å². The van der Waals surface area contributed by atoms with Crippen molar-refractivity contribution in [3.8, 4) is 0 Å². The fourth-order valence-corrected chi connectivity index (χ4v) is 2.36. The first kappa shape index (κ1) is 18.2. The maximum absolute atomic E-state index is 13.7. The Hall–Kier alpha value is -3.61. The molecule has 2 N–H and O–H groups in total. The monoisotopic (exact) mass is 367 g/mol. The molecule has 0 saturated carbocycles. The Morgan fingerprint density at radius 2 is 1.67 bits per heavy atom. The molecule has 0 atom stereocenters. The third kappa shape index (κ3) is 4.72. The molecule has 27 heavy (non-hydrogen) atoms. The van der Waals surface area contributed by atoms with Gasteiger partial charge in [0.05, 0.1) is 17.9 Å². The fraction of sp³-hybridized carbons (Fsp3) is 0.0500. The summed E-state index contributed by atoms with van der Waals surface area (Å²) in [6.45, 7) is 0.247. The SMILES string of the molecule is O=C(NCc1ccccn1)c1cccc(C(=O)Nc2ccc(F)cc2F)c1. The molecule has 0 aliphatic carbocycles. The maximum atomic E-state index is 13.7. The highest BCUT2D eigenvalue weighted by Gasteiger charge is 2.13. The van der Waals surface area contributed by atoms with Crippen molar-refractivity contribution in [2.75, 3.05) is 5.32 Å². The number of nitrogens with one attached hydrogen (secondary N) is 2. The summed E-state index contributed by atoms with van der Waals surface area (Å²) in [6, 6.07) is 14.2. The molecule has 0 fully saturated rings. The number of hydrogen-bond acceptors (Lipinski definition) is 3. The number of aromatic nitrogens is 1. The van der Waals surface area contributed by atoms with Crippen molar-refractivity contribution in [1.29, 1.82) is 0 Å². The summed E-state index contributed by atoms with van der Waals surface area (Å²) in [6.07, 6.45) is 1.63. The summed E-state index contributed by atoms with van der Waals surface area (Å²) < 4.78 is 26.6. The molecule has 7 heteroatoms. The van der Waals surface area contributed by atoms with Gasteiger partial charge in [0, 0.05) is 23.4 Å². The van der Waals surface area contributed by atoms with Crippen LogP contribution in [0.2, 0.25) is 0 Å². The molecule has 2 aromatic carbocycles. The van der Waals surface area contributed by atoms with E-state index in [1.807, 2.05) is 6.07 Å². The van der Waals surface area contributed by atoms with Crippen LogP contribution < -0.4 is 10.6 Å². The Kier molecular flexibility index (Phi) is 5.51. The minimum Gasteiger partial charge on any atom is -0.346 e. The molecule has 0 saturated heterocycles. The van der Waals surface area contributed by atoms with Crippen LogP contribution in [0.25, 0.3) is 0 Å². The first-order valence-corrected chi connectivity index (χ1v) is 8.07. The van der Waals surface area contributed by atoms with Crippen LogP contribution in [0.15, 0.2) is 66.9 Å². The van der Waals surface area contributed by atoms with Gasteiger partial charge in [-0.2, -0.15) is 0 Å². The highest BCUT2D eigenvalue weighted by Crippen LogP contribution is 2.16. The normalized spacial score (nSPS) is 10.3. The molecule has 2 amide bonds. The zero-order valence-corrected chi connectivity index (χ0v) is 14.1. The number of carbonyl (C=O) groups excluding carboxylic acids is 2. The van der Waals surface area contributed by atoms with E-state index in [1.165, 1.54) is 12.1 Å². The molecule has 0 unspecified atom stereocenters. The van der Waals surface area contributed by atoms with E-state index in [-0.39, 0.29) is 29.3 Å². The lowest BCUT2D eigenvalue weighted by Gasteiger charge is -2.08. The maximum Gasteiger partial charge on any atom is 0.255 e. The molecule has 0 aliphatic rings. The van der Waals surface area contributed by atoms with Gasteiger partial charge in [0.1, 0.15) is 11.6 Å². The van der Waals surface area contributed by atoms with Gasteiger partial charge < -0.3 is 10.6 Å². The van der Waals surface area contributed by atoms with Crippen LogP contribution in [0.3, 0.4) is 0 Å². The van der Waals surface area contributed by atoms with Crippen molar-refractivity contribution in [2.24, 2.45) is 0 Å². The second kappa shape index (κ2) is 8.18. The van der Waals surface area contributed by atoms with Gasteiger partial charge in [-0.1, -0.05) is 12.1 Å². The number of amides is 2. The van der Waals surface area contributed by atoms with E-state index in [0.717, 1.165) is 12.1 Å². The predicted molar refractivity (Wildman–Crippen MR) is 96.2 cm³/mol. The third-order valence-corrected chi connectivity index (χ3v) is 3.72. The van der Waals surface area contributed by atoms with E-state index in [9.17, 15) is 18.4 Å². The summed E-state index contributed by atoms with van der Waals surface area (Å²) in [4.78, 5) is 28.7. The smallest absolute Gasteiger partial charge is 0.255 e. The molecule has 1 heterocycles. The fourth-order valence-electron chi connectivity index (χ4n) is 2.36. The van der Waals surface area contributed by atoms with Gasteiger partial charge in [-0.05, 0) is 42.5 Å². The van der Waals surface area contributed by atoms with Gasteiger partial charge in [-0.3, -0.25) is 14.6 Å². The number of anilines is 1. The summed E-state index contributed by atoms with van der Waals surface area (Å²) >= 11 is 0. The number of halogens is 2. The first-order chi connectivity index (χ1) is 13.0. The summed E-state index contributed by atoms with van der Waals surface area (Å²) in [5.74, 6) is -2.60. The molecule has 0 bridgehead atoms. The second-order valence-electron chi connectivity index (χ2n) is 5.66. The minimum atomic E-state index is -0.882. The topological polar surface area (TPSA) is 71.1 Å². The lowest BCUT2D eigenvalue weighted by atomic mass is 10.1. The first-order valence-electron chi connectivity index (χ1n) is 8.07. The Bertz CT molecular complexity index is 978. The summed E-state index contributed by atoms with van der Waals surface area (Å²) in [7, 11) is 0. The molecule has 136 valence electrons. The van der Waals surface area contributed by atoms with Crippen molar-refractivity contribution in [1.82, 2.24) is 10.3 Å². The second-order valence-corrected chi connectivity index (χ2v) is 5.66. The zero-order valence-electron chi connectivity index (χ0n) is 14.1. The molecule has 1 aromatic heterocycles. The van der Waals surface area contributed by atoms with Crippen LogP contribution in [-0.4, -0.2) is 16.8 Å². The Morgan fingerprint density at radius 1 is 0.889 bits per heavy atom. The van der Waals surface area contributed by atoms with E-state index >= 15 is 0 Å². The number of pyridine rings is 1. The number of nitrogens with zero attached hydrogens (tertiary/aromatic N) is 1. The molecule has 0 aliphatic heterocycles. The van der Waals surface area contributed by atoms with Crippen LogP contribution in [0, 0.1) is 11.6 Å². The lowest BCUT2D eigenvalue weighted by molar-refractivity contribution is 0.0950. The van der Waals surface area contributed by atoms with Gasteiger partial charge in [-0.25, -0.2) is 8.78 Å². The lowest BCUT2D eigenvalue weighted by Crippen LogP contribution is -2.23. The molecule has 3 aromatic rings. The van der Waals surface area contributed by atoms with E-state index in [1.54, 1.807) is 30.5 Å². The van der Waals surface area contributed by atoms with Crippen LogP contribution >= 0.6 is 0 Å². The van der Waals surface area contributed by atoms with E-state index in [0.29, 0.717) is 11.8 Å². The van der Waals surface area contributed by atoms with Gasteiger partial charge >= 0.3 is 0 Å². The number of benzene rings is 2. The molecule has 0 spiro atoms. The molecule has 0 radical (unpaired) electrons. The Morgan fingerprint density at radius 3 is 2.37 bits per heavy atom. The van der Waals surface area contributed by atoms with Gasteiger partial charge in [0.15, 0.2) is 0 Å². The van der Waals surface area contributed by atoms with Gasteiger partial charge in [0.25, 0.3) is 11.8 Å². The van der Waals surface area contributed by atoms with Crippen molar-refractivity contribution in [2.45, 2.75) is 6.54 Å². The largest absolute Gasteiger partial charge is 0.346 e. The predicted octanol–water partition coefficient (Wildman–Crippen LogP) is 3.54. The van der Waals surface area contributed by atoms with Crippen LogP contribution in [0.4, 0.5) is 14.5 Å². The highest BCUT2D eigenvalue weighted by atomic mass is 19.1. The third-order valence-electron chi connectivity index (χ3n) is 3.72. The van der Waals surface area contributed by atoms with Crippen molar-refractivity contribution in [3.05, 3.63) is 95.3 Å². The summed E-state index contributed by atoms with van der Waals surface area (Å²) in [5, 5.41) is 5.07. The number of carbonyl (C=O) groups is 2. The quantitative estimate of drug-likeness (QED) is 0.725.